The standard InChI is InChI=1S/C15H9NO2/c1-9-6-7-10(8-16)13-14(17)11-4-2-3-5-12(11)18-15(9)13/h2-7H,1H3. The van der Waals surface area contributed by atoms with Crippen molar-refractivity contribution in [2.45, 2.75) is 6.92 Å². The highest BCUT2D eigenvalue weighted by Gasteiger charge is 2.12. The van der Waals surface area contributed by atoms with Gasteiger partial charge in [0.05, 0.1) is 16.3 Å². The topological polar surface area (TPSA) is 54.0 Å². The molecule has 0 saturated heterocycles. The lowest BCUT2D eigenvalue weighted by molar-refractivity contribution is 0.656. The molecule has 3 rings (SSSR count). The summed E-state index contributed by atoms with van der Waals surface area (Å²) in [5.74, 6) is 0. The largest absolute Gasteiger partial charge is 0.455 e. The molecule has 0 amide bonds. The summed E-state index contributed by atoms with van der Waals surface area (Å²) >= 11 is 0. The van der Waals surface area contributed by atoms with Gasteiger partial charge in [-0.3, -0.25) is 4.79 Å². The number of fused-ring (bicyclic) bond motifs is 2. The Kier molecular flexibility index (Phi) is 2.17. The fourth-order valence-electron chi connectivity index (χ4n) is 2.12. The third kappa shape index (κ3) is 1.33. The number of hydrogen-bond donors (Lipinski definition) is 0. The van der Waals surface area contributed by atoms with Crippen LogP contribution in [-0.4, -0.2) is 0 Å². The zero-order valence-corrected chi connectivity index (χ0v) is 9.73. The van der Waals surface area contributed by atoms with E-state index < -0.39 is 0 Å². The molecule has 1 heterocycles. The minimum absolute atomic E-state index is 0.146. The van der Waals surface area contributed by atoms with Gasteiger partial charge in [0, 0.05) is 0 Å². The van der Waals surface area contributed by atoms with Crippen LogP contribution in [0.3, 0.4) is 0 Å². The van der Waals surface area contributed by atoms with E-state index in [0.29, 0.717) is 27.5 Å². The number of hydrogen-bond acceptors (Lipinski definition) is 3. The van der Waals surface area contributed by atoms with E-state index in [2.05, 4.69) is 0 Å². The SMILES string of the molecule is Cc1ccc(C#N)c2c(=O)c3ccccc3oc12. The molecule has 0 fully saturated rings. The molecule has 86 valence electrons. The normalized spacial score (nSPS) is 10.7. The first-order valence-corrected chi connectivity index (χ1v) is 5.57. The van der Waals surface area contributed by atoms with Crippen LogP contribution in [0.2, 0.25) is 0 Å². The minimum atomic E-state index is -0.146. The Hall–Kier alpha value is -2.60. The Morgan fingerprint density at radius 1 is 1.17 bits per heavy atom. The maximum Gasteiger partial charge on any atom is 0.201 e. The number of nitrogens with zero attached hydrogens (tertiary/aromatic N) is 1. The van der Waals surface area contributed by atoms with Gasteiger partial charge in [0.2, 0.25) is 5.43 Å². The average molecular weight is 235 g/mol. The summed E-state index contributed by atoms with van der Waals surface area (Å²) in [5, 5.41) is 9.97. The van der Waals surface area contributed by atoms with E-state index in [-0.39, 0.29) is 5.43 Å². The fraction of sp³-hybridized carbons (Fsp3) is 0.0667. The van der Waals surface area contributed by atoms with Crippen LogP contribution in [0.15, 0.2) is 45.6 Å². The number of nitriles is 1. The van der Waals surface area contributed by atoms with Crippen molar-refractivity contribution in [3.05, 3.63) is 57.7 Å². The van der Waals surface area contributed by atoms with Gasteiger partial charge in [-0.05, 0) is 30.7 Å². The minimum Gasteiger partial charge on any atom is -0.455 e. The summed E-state index contributed by atoms with van der Waals surface area (Å²) in [6.07, 6.45) is 0. The molecule has 2 aromatic carbocycles. The van der Waals surface area contributed by atoms with Crippen LogP contribution in [0.5, 0.6) is 0 Å². The predicted octanol–water partition coefficient (Wildman–Crippen LogP) is 3.13. The molecule has 3 nitrogen and oxygen atoms in total. The van der Waals surface area contributed by atoms with Gasteiger partial charge in [0.25, 0.3) is 0 Å². The van der Waals surface area contributed by atoms with E-state index in [9.17, 15) is 4.79 Å². The molecule has 3 aromatic rings. The second-order valence-electron chi connectivity index (χ2n) is 4.17. The fourth-order valence-corrected chi connectivity index (χ4v) is 2.12. The molecule has 1 aromatic heterocycles. The average Bonchev–Trinajstić information content (AvgIpc) is 2.40. The molecular weight excluding hydrogens is 226 g/mol. The van der Waals surface area contributed by atoms with Gasteiger partial charge < -0.3 is 4.42 Å². The Labute approximate surface area is 103 Å². The number of para-hydroxylation sites is 1. The summed E-state index contributed by atoms with van der Waals surface area (Å²) in [4.78, 5) is 12.4. The van der Waals surface area contributed by atoms with Crippen LogP contribution >= 0.6 is 0 Å². The Bertz CT molecular complexity index is 869. The quantitative estimate of drug-likeness (QED) is 0.562. The molecule has 0 bridgehead atoms. The number of benzene rings is 2. The highest BCUT2D eigenvalue weighted by molar-refractivity contribution is 5.94. The third-order valence-corrected chi connectivity index (χ3v) is 3.05. The molecule has 0 aliphatic carbocycles. The number of aryl methyl sites for hydroxylation is 1. The van der Waals surface area contributed by atoms with E-state index in [4.69, 9.17) is 9.68 Å². The molecule has 0 spiro atoms. The van der Waals surface area contributed by atoms with E-state index in [1.165, 1.54) is 0 Å². The lowest BCUT2D eigenvalue weighted by Crippen LogP contribution is -2.04. The van der Waals surface area contributed by atoms with Crippen LogP contribution in [0.25, 0.3) is 21.9 Å². The molecule has 0 aliphatic heterocycles. The summed E-state index contributed by atoms with van der Waals surface area (Å²) in [6.45, 7) is 1.86. The molecule has 0 unspecified atom stereocenters. The molecule has 0 radical (unpaired) electrons. The summed E-state index contributed by atoms with van der Waals surface area (Å²) in [5.41, 5.74) is 2.11. The van der Waals surface area contributed by atoms with E-state index >= 15 is 0 Å². The van der Waals surface area contributed by atoms with Crippen LogP contribution in [-0.2, 0) is 0 Å². The van der Waals surface area contributed by atoms with Gasteiger partial charge >= 0.3 is 0 Å². The van der Waals surface area contributed by atoms with Crippen molar-refractivity contribution in [3.63, 3.8) is 0 Å². The second kappa shape index (κ2) is 3.71. The third-order valence-electron chi connectivity index (χ3n) is 3.05. The highest BCUT2D eigenvalue weighted by atomic mass is 16.3. The molecule has 0 saturated carbocycles. The predicted molar refractivity (Wildman–Crippen MR) is 69.4 cm³/mol. The zero-order chi connectivity index (χ0) is 12.7. The maximum atomic E-state index is 12.4. The Morgan fingerprint density at radius 2 is 1.94 bits per heavy atom. The van der Waals surface area contributed by atoms with Gasteiger partial charge in [-0.25, -0.2) is 0 Å². The van der Waals surface area contributed by atoms with Crippen molar-refractivity contribution in [1.29, 1.82) is 5.26 Å². The van der Waals surface area contributed by atoms with Gasteiger partial charge in [-0.15, -0.1) is 0 Å². The summed E-state index contributed by atoms with van der Waals surface area (Å²) in [7, 11) is 0. The monoisotopic (exact) mass is 235 g/mol. The lowest BCUT2D eigenvalue weighted by atomic mass is 10.0. The summed E-state index contributed by atoms with van der Waals surface area (Å²) < 4.78 is 5.75. The molecule has 0 N–H and O–H groups in total. The Morgan fingerprint density at radius 3 is 2.72 bits per heavy atom. The van der Waals surface area contributed by atoms with Crippen LogP contribution in [0.4, 0.5) is 0 Å². The van der Waals surface area contributed by atoms with Crippen LogP contribution < -0.4 is 5.43 Å². The van der Waals surface area contributed by atoms with E-state index in [1.54, 1.807) is 30.3 Å². The van der Waals surface area contributed by atoms with Crippen molar-refractivity contribution in [3.8, 4) is 6.07 Å². The lowest BCUT2D eigenvalue weighted by Gasteiger charge is -2.04. The van der Waals surface area contributed by atoms with E-state index in [0.717, 1.165) is 5.56 Å². The van der Waals surface area contributed by atoms with E-state index in [1.807, 2.05) is 19.1 Å². The first-order valence-electron chi connectivity index (χ1n) is 5.57. The zero-order valence-electron chi connectivity index (χ0n) is 9.73. The van der Waals surface area contributed by atoms with Gasteiger partial charge in [-0.1, -0.05) is 18.2 Å². The number of rotatable bonds is 0. The van der Waals surface area contributed by atoms with Crippen molar-refractivity contribution >= 4 is 21.9 Å². The van der Waals surface area contributed by atoms with Crippen molar-refractivity contribution in [1.82, 2.24) is 0 Å². The molecule has 18 heavy (non-hydrogen) atoms. The summed E-state index contributed by atoms with van der Waals surface area (Å²) in [6, 6.07) is 12.6. The maximum absolute atomic E-state index is 12.4. The Balaban J connectivity index is 2.69. The van der Waals surface area contributed by atoms with Crippen LogP contribution in [0.1, 0.15) is 11.1 Å². The second-order valence-corrected chi connectivity index (χ2v) is 4.17. The highest BCUT2D eigenvalue weighted by Crippen LogP contribution is 2.23. The van der Waals surface area contributed by atoms with Gasteiger partial charge in [0.1, 0.15) is 17.2 Å². The van der Waals surface area contributed by atoms with Crippen molar-refractivity contribution in [2.75, 3.05) is 0 Å². The van der Waals surface area contributed by atoms with Gasteiger partial charge in [0.15, 0.2) is 0 Å². The molecular formula is C15H9NO2. The van der Waals surface area contributed by atoms with Crippen molar-refractivity contribution < 1.29 is 4.42 Å². The first-order chi connectivity index (χ1) is 8.72. The van der Waals surface area contributed by atoms with Crippen LogP contribution in [0, 0.1) is 18.3 Å². The first kappa shape index (κ1) is 10.5. The molecule has 0 aliphatic rings. The molecule has 0 atom stereocenters. The van der Waals surface area contributed by atoms with Gasteiger partial charge in [-0.2, -0.15) is 5.26 Å². The smallest absolute Gasteiger partial charge is 0.201 e. The molecule has 3 heteroatoms. The van der Waals surface area contributed by atoms with Crippen molar-refractivity contribution in [2.24, 2.45) is 0 Å².